The van der Waals surface area contributed by atoms with Crippen LogP contribution >= 0.6 is 0 Å². The van der Waals surface area contributed by atoms with Gasteiger partial charge in [0.25, 0.3) is 0 Å². The molecule has 2 unspecified atom stereocenters. The SMILES string of the molecule is CC(CC1CCCN1)C(F)(F)F. The van der Waals surface area contributed by atoms with Crippen LogP contribution in [0.15, 0.2) is 0 Å². The summed E-state index contributed by atoms with van der Waals surface area (Å²) in [4.78, 5) is 0. The fourth-order valence-corrected chi connectivity index (χ4v) is 1.52. The summed E-state index contributed by atoms with van der Waals surface area (Å²) in [6, 6.07) is 0.0848. The van der Waals surface area contributed by atoms with Crippen molar-refractivity contribution in [3.05, 3.63) is 0 Å². The minimum atomic E-state index is -4.02. The predicted octanol–water partition coefficient (Wildman–Crippen LogP) is 2.33. The zero-order chi connectivity index (χ0) is 9.19. The van der Waals surface area contributed by atoms with Crippen molar-refractivity contribution in [3.63, 3.8) is 0 Å². The molecule has 1 nitrogen and oxygen atoms in total. The number of nitrogens with one attached hydrogen (secondary N) is 1. The van der Waals surface area contributed by atoms with Crippen molar-refractivity contribution in [2.75, 3.05) is 6.54 Å². The Morgan fingerprint density at radius 2 is 2.17 bits per heavy atom. The van der Waals surface area contributed by atoms with Crippen molar-refractivity contribution < 1.29 is 13.2 Å². The number of halogens is 3. The van der Waals surface area contributed by atoms with Gasteiger partial charge in [-0.25, -0.2) is 0 Å². The van der Waals surface area contributed by atoms with E-state index in [9.17, 15) is 13.2 Å². The Morgan fingerprint density at radius 1 is 1.50 bits per heavy atom. The third kappa shape index (κ3) is 2.66. The first-order chi connectivity index (χ1) is 5.50. The highest BCUT2D eigenvalue weighted by Gasteiger charge is 2.37. The smallest absolute Gasteiger partial charge is 0.314 e. The van der Waals surface area contributed by atoms with Crippen LogP contribution in [-0.2, 0) is 0 Å². The van der Waals surface area contributed by atoms with Crippen LogP contribution in [0.25, 0.3) is 0 Å². The molecule has 1 N–H and O–H groups in total. The molecule has 1 aliphatic heterocycles. The van der Waals surface area contributed by atoms with Gasteiger partial charge in [-0.1, -0.05) is 6.92 Å². The van der Waals surface area contributed by atoms with Gasteiger partial charge in [-0.15, -0.1) is 0 Å². The van der Waals surface area contributed by atoms with Crippen LogP contribution in [-0.4, -0.2) is 18.8 Å². The fraction of sp³-hybridized carbons (Fsp3) is 1.00. The number of rotatable bonds is 2. The summed E-state index contributed by atoms with van der Waals surface area (Å²) in [7, 11) is 0. The zero-order valence-corrected chi connectivity index (χ0v) is 7.12. The van der Waals surface area contributed by atoms with E-state index in [1.54, 1.807) is 0 Å². The lowest BCUT2D eigenvalue weighted by Gasteiger charge is -2.19. The van der Waals surface area contributed by atoms with Gasteiger partial charge in [0, 0.05) is 6.04 Å². The third-order valence-corrected chi connectivity index (χ3v) is 2.36. The Morgan fingerprint density at radius 3 is 2.58 bits per heavy atom. The molecule has 72 valence electrons. The van der Waals surface area contributed by atoms with Crippen LogP contribution in [0, 0.1) is 5.92 Å². The number of hydrogen-bond donors (Lipinski definition) is 1. The second-order valence-electron chi connectivity index (χ2n) is 3.47. The third-order valence-electron chi connectivity index (χ3n) is 2.36. The Balaban J connectivity index is 2.30. The van der Waals surface area contributed by atoms with E-state index in [0.29, 0.717) is 0 Å². The zero-order valence-electron chi connectivity index (χ0n) is 7.12. The van der Waals surface area contributed by atoms with Crippen molar-refractivity contribution in [1.29, 1.82) is 0 Å². The Hall–Kier alpha value is -0.250. The Labute approximate surface area is 70.3 Å². The van der Waals surface area contributed by atoms with E-state index in [2.05, 4.69) is 5.32 Å². The molecule has 0 aromatic rings. The van der Waals surface area contributed by atoms with E-state index in [1.165, 1.54) is 6.92 Å². The molecule has 4 heteroatoms. The molecule has 0 aromatic carbocycles. The topological polar surface area (TPSA) is 12.0 Å². The van der Waals surface area contributed by atoms with Crippen LogP contribution in [0.3, 0.4) is 0 Å². The van der Waals surface area contributed by atoms with E-state index < -0.39 is 12.1 Å². The van der Waals surface area contributed by atoms with Gasteiger partial charge in [0.05, 0.1) is 5.92 Å². The molecule has 1 saturated heterocycles. The molecule has 1 heterocycles. The van der Waals surface area contributed by atoms with Crippen molar-refractivity contribution >= 4 is 0 Å². The fourth-order valence-electron chi connectivity index (χ4n) is 1.52. The molecule has 2 atom stereocenters. The van der Waals surface area contributed by atoms with Gasteiger partial charge in [-0.05, 0) is 25.8 Å². The molecule has 1 fully saturated rings. The lowest BCUT2D eigenvalue weighted by molar-refractivity contribution is -0.172. The van der Waals surface area contributed by atoms with E-state index in [4.69, 9.17) is 0 Å². The second kappa shape index (κ2) is 3.64. The first-order valence-corrected chi connectivity index (χ1v) is 4.30. The van der Waals surface area contributed by atoms with Crippen molar-refractivity contribution in [1.82, 2.24) is 5.32 Å². The standard InChI is InChI=1S/C8H14F3N/c1-6(8(9,10)11)5-7-3-2-4-12-7/h6-7,12H,2-5H2,1H3. The van der Waals surface area contributed by atoms with Crippen molar-refractivity contribution in [2.24, 2.45) is 5.92 Å². The summed E-state index contributed by atoms with van der Waals surface area (Å²) in [5.74, 6) is -1.17. The van der Waals surface area contributed by atoms with Gasteiger partial charge in [-0.3, -0.25) is 0 Å². The highest BCUT2D eigenvalue weighted by molar-refractivity contribution is 4.78. The molecular weight excluding hydrogens is 167 g/mol. The first-order valence-electron chi connectivity index (χ1n) is 4.30. The molecular formula is C8H14F3N. The highest BCUT2D eigenvalue weighted by Crippen LogP contribution is 2.30. The van der Waals surface area contributed by atoms with Crippen LogP contribution in [0.2, 0.25) is 0 Å². The van der Waals surface area contributed by atoms with Gasteiger partial charge >= 0.3 is 6.18 Å². The Kier molecular flexibility index (Phi) is 2.99. The van der Waals surface area contributed by atoms with E-state index in [1.807, 2.05) is 0 Å². The van der Waals surface area contributed by atoms with Crippen molar-refractivity contribution in [2.45, 2.75) is 38.4 Å². The molecule has 1 aliphatic rings. The maximum atomic E-state index is 12.1. The summed E-state index contributed by atoms with van der Waals surface area (Å²) in [5, 5.41) is 3.06. The summed E-state index contributed by atoms with van der Waals surface area (Å²) >= 11 is 0. The minimum Gasteiger partial charge on any atom is -0.314 e. The Bertz CT molecular complexity index is 138. The van der Waals surface area contributed by atoms with Crippen LogP contribution in [0.1, 0.15) is 26.2 Å². The molecule has 0 spiro atoms. The lowest BCUT2D eigenvalue weighted by atomic mass is 10.0. The van der Waals surface area contributed by atoms with E-state index in [0.717, 1.165) is 19.4 Å². The monoisotopic (exact) mass is 181 g/mol. The summed E-state index contributed by atoms with van der Waals surface area (Å²) in [5.41, 5.74) is 0. The van der Waals surface area contributed by atoms with Crippen LogP contribution in [0.5, 0.6) is 0 Å². The molecule has 12 heavy (non-hydrogen) atoms. The van der Waals surface area contributed by atoms with Gasteiger partial charge in [0.2, 0.25) is 0 Å². The summed E-state index contributed by atoms with van der Waals surface area (Å²) in [6.45, 7) is 2.12. The van der Waals surface area contributed by atoms with Gasteiger partial charge in [-0.2, -0.15) is 13.2 Å². The summed E-state index contributed by atoms with van der Waals surface area (Å²) in [6.07, 6.45) is -1.90. The normalized spacial score (nSPS) is 27.5. The molecule has 1 rings (SSSR count). The quantitative estimate of drug-likeness (QED) is 0.689. The molecule has 0 radical (unpaired) electrons. The highest BCUT2D eigenvalue weighted by atomic mass is 19.4. The molecule has 0 amide bonds. The van der Waals surface area contributed by atoms with Gasteiger partial charge in [0.15, 0.2) is 0 Å². The predicted molar refractivity (Wildman–Crippen MR) is 40.9 cm³/mol. The van der Waals surface area contributed by atoms with Crippen molar-refractivity contribution in [3.8, 4) is 0 Å². The average Bonchev–Trinajstić information content (AvgIpc) is 2.37. The van der Waals surface area contributed by atoms with Gasteiger partial charge < -0.3 is 5.32 Å². The van der Waals surface area contributed by atoms with Crippen LogP contribution < -0.4 is 5.32 Å². The lowest BCUT2D eigenvalue weighted by Crippen LogP contribution is -2.29. The maximum Gasteiger partial charge on any atom is 0.391 e. The number of alkyl halides is 3. The summed E-state index contributed by atoms with van der Waals surface area (Å²) < 4.78 is 36.2. The molecule has 0 saturated carbocycles. The largest absolute Gasteiger partial charge is 0.391 e. The molecule has 0 aromatic heterocycles. The van der Waals surface area contributed by atoms with Crippen LogP contribution in [0.4, 0.5) is 13.2 Å². The maximum absolute atomic E-state index is 12.1. The minimum absolute atomic E-state index is 0.0848. The molecule has 0 bridgehead atoms. The van der Waals surface area contributed by atoms with Gasteiger partial charge in [0.1, 0.15) is 0 Å². The second-order valence-corrected chi connectivity index (χ2v) is 3.47. The average molecular weight is 181 g/mol. The number of hydrogen-bond acceptors (Lipinski definition) is 1. The molecule has 0 aliphatic carbocycles. The van der Waals surface area contributed by atoms with E-state index >= 15 is 0 Å². The van der Waals surface area contributed by atoms with E-state index in [-0.39, 0.29) is 12.5 Å². The first kappa shape index (κ1) is 9.84.